The van der Waals surface area contributed by atoms with Crippen LogP contribution < -0.4 is 11.1 Å². The molecule has 0 saturated heterocycles. The van der Waals surface area contributed by atoms with Crippen molar-refractivity contribution in [1.82, 2.24) is 10.3 Å². The van der Waals surface area contributed by atoms with Gasteiger partial charge in [0, 0.05) is 18.5 Å². The lowest BCUT2D eigenvalue weighted by Gasteiger charge is -2.06. The van der Waals surface area contributed by atoms with Crippen LogP contribution in [0, 0.1) is 6.92 Å². The van der Waals surface area contributed by atoms with Crippen molar-refractivity contribution in [2.45, 2.75) is 57.9 Å². The van der Waals surface area contributed by atoms with Crippen molar-refractivity contribution >= 4 is 17.2 Å². The van der Waals surface area contributed by atoms with E-state index in [1.165, 1.54) is 25.7 Å². The Balaban J connectivity index is 1.97. The normalized spacial score (nSPS) is 17.6. The number of carbonyl (C=O) groups is 1. The molecule has 1 saturated carbocycles. The Kier molecular flexibility index (Phi) is 4.93. The molecule has 19 heavy (non-hydrogen) atoms. The van der Waals surface area contributed by atoms with Crippen molar-refractivity contribution in [3.8, 4) is 0 Å². The summed E-state index contributed by atoms with van der Waals surface area (Å²) in [5.74, 6) is 0.578. The molecule has 1 unspecified atom stereocenters. The van der Waals surface area contributed by atoms with Crippen LogP contribution >= 0.6 is 11.3 Å². The third-order valence-electron chi connectivity index (χ3n) is 3.61. The van der Waals surface area contributed by atoms with Gasteiger partial charge in [0.25, 0.3) is 5.91 Å². The van der Waals surface area contributed by atoms with Gasteiger partial charge in [0.2, 0.25) is 0 Å². The molecule has 1 heterocycles. The predicted molar refractivity (Wildman–Crippen MR) is 78.7 cm³/mol. The number of nitrogens with zero attached hydrogens (tertiary/aromatic N) is 1. The topological polar surface area (TPSA) is 68.0 Å². The summed E-state index contributed by atoms with van der Waals surface area (Å²) < 4.78 is 0. The molecule has 4 nitrogen and oxygen atoms in total. The average molecular weight is 281 g/mol. The van der Waals surface area contributed by atoms with E-state index in [4.69, 9.17) is 5.73 Å². The number of aryl methyl sites for hydroxylation is 1. The number of carbonyl (C=O) groups excluding carboxylic acids is 1. The zero-order chi connectivity index (χ0) is 13.8. The summed E-state index contributed by atoms with van der Waals surface area (Å²) in [4.78, 5) is 17.5. The van der Waals surface area contributed by atoms with Crippen LogP contribution in [0.4, 0.5) is 0 Å². The second kappa shape index (κ2) is 6.48. The molecule has 1 aliphatic carbocycles. The van der Waals surface area contributed by atoms with E-state index in [1.54, 1.807) is 11.3 Å². The van der Waals surface area contributed by atoms with Crippen LogP contribution in [0.3, 0.4) is 0 Å². The van der Waals surface area contributed by atoms with Gasteiger partial charge >= 0.3 is 0 Å². The van der Waals surface area contributed by atoms with E-state index >= 15 is 0 Å². The van der Waals surface area contributed by atoms with E-state index in [-0.39, 0.29) is 11.9 Å². The maximum absolute atomic E-state index is 12.1. The molecule has 1 fully saturated rings. The highest BCUT2D eigenvalue weighted by Gasteiger charge is 2.23. The number of hydrogen-bond donors (Lipinski definition) is 2. The fraction of sp³-hybridized carbons (Fsp3) is 0.714. The summed E-state index contributed by atoms with van der Waals surface area (Å²) in [6.07, 6.45) is 5.83. The van der Waals surface area contributed by atoms with Gasteiger partial charge in [0.1, 0.15) is 4.88 Å². The first-order valence-corrected chi connectivity index (χ1v) is 7.90. The quantitative estimate of drug-likeness (QED) is 0.871. The first-order chi connectivity index (χ1) is 9.08. The van der Waals surface area contributed by atoms with E-state index in [9.17, 15) is 4.79 Å². The molecule has 106 valence electrons. The maximum atomic E-state index is 12.1. The minimum absolute atomic E-state index is 0.0000954. The van der Waals surface area contributed by atoms with Crippen molar-refractivity contribution in [2.75, 3.05) is 6.54 Å². The van der Waals surface area contributed by atoms with Crippen molar-refractivity contribution in [1.29, 1.82) is 0 Å². The molecule has 1 aromatic rings. The number of amides is 1. The molecular formula is C14H23N3OS. The molecule has 0 aliphatic heterocycles. The lowest BCUT2D eigenvalue weighted by atomic mass is 10.1. The molecule has 1 aromatic heterocycles. The number of thiazole rings is 1. The zero-order valence-corrected chi connectivity index (χ0v) is 12.6. The van der Waals surface area contributed by atoms with Crippen LogP contribution in [0.25, 0.3) is 0 Å². The van der Waals surface area contributed by atoms with E-state index in [2.05, 4.69) is 10.3 Å². The maximum Gasteiger partial charge on any atom is 0.263 e. The number of aromatic nitrogens is 1. The molecule has 1 aliphatic rings. The smallest absolute Gasteiger partial charge is 0.263 e. The molecular weight excluding hydrogens is 258 g/mol. The Morgan fingerprint density at radius 1 is 1.53 bits per heavy atom. The van der Waals surface area contributed by atoms with Crippen LogP contribution in [0.1, 0.15) is 65.3 Å². The van der Waals surface area contributed by atoms with Crippen LogP contribution in [-0.4, -0.2) is 23.5 Å². The molecule has 1 atom stereocenters. The van der Waals surface area contributed by atoms with Gasteiger partial charge in [-0.05, 0) is 33.1 Å². The average Bonchev–Trinajstić information content (AvgIpc) is 2.96. The van der Waals surface area contributed by atoms with Gasteiger partial charge in [-0.3, -0.25) is 4.79 Å². The third kappa shape index (κ3) is 3.76. The summed E-state index contributed by atoms with van der Waals surface area (Å²) in [6.45, 7) is 4.50. The van der Waals surface area contributed by atoms with Gasteiger partial charge in [-0.1, -0.05) is 12.8 Å². The monoisotopic (exact) mass is 281 g/mol. The fourth-order valence-corrected chi connectivity index (χ4v) is 3.62. The highest BCUT2D eigenvalue weighted by molar-refractivity contribution is 7.13. The standard InChI is InChI=1S/C14H23N3OS/c1-9(15)7-8-16-13(18)12-10(2)17-14(19-12)11-5-3-4-6-11/h9,11H,3-8,15H2,1-2H3,(H,16,18). The minimum atomic E-state index is -0.0000954. The zero-order valence-electron chi connectivity index (χ0n) is 11.7. The highest BCUT2D eigenvalue weighted by Crippen LogP contribution is 2.37. The summed E-state index contributed by atoms with van der Waals surface area (Å²) in [5.41, 5.74) is 6.54. The van der Waals surface area contributed by atoms with Crippen molar-refractivity contribution in [3.63, 3.8) is 0 Å². The van der Waals surface area contributed by atoms with Crippen molar-refractivity contribution in [2.24, 2.45) is 5.73 Å². The van der Waals surface area contributed by atoms with E-state index in [0.29, 0.717) is 12.5 Å². The molecule has 3 N–H and O–H groups in total. The summed E-state index contributed by atoms with van der Waals surface area (Å²) in [6, 6.07) is 0.122. The van der Waals surface area contributed by atoms with Gasteiger partial charge in [0.15, 0.2) is 0 Å². The molecule has 0 radical (unpaired) electrons. The van der Waals surface area contributed by atoms with E-state index in [0.717, 1.165) is 22.0 Å². The van der Waals surface area contributed by atoms with Crippen LogP contribution in [0.5, 0.6) is 0 Å². The van der Waals surface area contributed by atoms with Crippen molar-refractivity contribution < 1.29 is 4.79 Å². The van der Waals surface area contributed by atoms with Crippen molar-refractivity contribution in [3.05, 3.63) is 15.6 Å². The van der Waals surface area contributed by atoms with Gasteiger partial charge in [0.05, 0.1) is 10.7 Å². The number of hydrogen-bond acceptors (Lipinski definition) is 4. The Morgan fingerprint density at radius 2 is 2.21 bits per heavy atom. The molecule has 0 spiro atoms. The fourth-order valence-electron chi connectivity index (χ4n) is 2.47. The Hall–Kier alpha value is -0.940. The van der Waals surface area contributed by atoms with Crippen LogP contribution in [0.2, 0.25) is 0 Å². The Bertz CT molecular complexity index is 436. The van der Waals surface area contributed by atoms with Gasteiger partial charge in [-0.2, -0.15) is 0 Å². The van der Waals surface area contributed by atoms with Crippen LogP contribution in [-0.2, 0) is 0 Å². The first-order valence-electron chi connectivity index (χ1n) is 7.09. The van der Waals surface area contributed by atoms with E-state index in [1.807, 2.05) is 13.8 Å². The number of nitrogens with two attached hydrogens (primary N) is 1. The molecule has 0 bridgehead atoms. The van der Waals surface area contributed by atoms with Gasteiger partial charge in [-0.15, -0.1) is 11.3 Å². The van der Waals surface area contributed by atoms with Gasteiger partial charge in [-0.25, -0.2) is 4.98 Å². The summed E-state index contributed by atoms with van der Waals surface area (Å²) >= 11 is 1.57. The SMILES string of the molecule is Cc1nc(C2CCCC2)sc1C(=O)NCCC(C)N. The second-order valence-corrected chi connectivity index (χ2v) is 6.50. The summed E-state index contributed by atoms with van der Waals surface area (Å²) in [7, 11) is 0. The predicted octanol–water partition coefficient (Wildman–Crippen LogP) is 2.58. The molecule has 0 aromatic carbocycles. The third-order valence-corrected chi connectivity index (χ3v) is 4.93. The van der Waals surface area contributed by atoms with Gasteiger partial charge < -0.3 is 11.1 Å². The molecule has 5 heteroatoms. The van der Waals surface area contributed by atoms with E-state index < -0.39 is 0 Å². The van der Waals surface area contributed by atoms with Crippen LogP contribution in [0.15, 0.2) is 0 Å². The summed E-state index contributed by atoms with van der Waals surface area (Å²) in [5, 5.41) is 4.07. The first kappa shape index (κ1) is 14.5. The Morgan fingerprint density at radius 3 is 2.84 bits per heavy atom. The number of rotatable bonds is 5. The highest BCUT2D eigenvalue weighted by atomic mass is 32.1. The Labute approximate surface area is 118 Å². The number of nitrogens with one attached hydrogen (secondary N) is 1. The largest absolute Gasteiger partial charge is 0.351 e. The minimum Gasteiger partial charge on any atom is -0.351 e. The molecule has 1 amide bonds. The second-order valence-electron chi connectivity index (χ2n) is 5.47. The lowest BCUT2D eigenvalue weighted by Crippen LogP contribution is -2.28. The molecule has 2 rings (SSSR count). The lowest BCUT2D eigenvalue weighted by molar-refractivity contribution is 0.0956.